The first-order valence-electron chi connectivity index (χ1n) is 10.9. The zero-order valence-corrected chi connectivity index (χ0v) is 18.9. The molecule has 3 heterocycles. The van der Waals surface area contributed by atoms with E-state index >= 15 is 0 Å². The number of hydrogen-bond acceptors (Lipinski definition) is 9. The zero-order valence-electron chi connectivity index (χ0n) is 18.1. The number of halogens is 3. The van der Waals surface area contributed by atoms with Crippen LogP contribution in [0, 0.1) is 17.0 Å². The summed E-state index contributed by atoms with van der Waals surface area (Å²) in [5.74, 6) is 1.76. The van der Waals surface area contributed by atoms with Crippen LogP contribution in [0.15, 0.2) is 15.4 Å². The van der Waals surface area contributed by atoms with E-state index in [2.05, 4.69) is 15.1 Å². The summed E-state index contributed by atoms with van der Waals surface area (Å²) >= 11 is 0.866. The largest absolute Gasteiger partial charge is 0.416 e. The number of fused-ring (bicyclic) bond motifs is 1. The molecule has 2 aliphatic rings. The summed E-state index contributed by atoms with van der Waals surface area (Å²) in [6.45, 7) is 2.12. The Labute approximate surface area is 194 Å². The van der Waals surface area contributed by atoms with Crippen LogP contribution in [0.1, 0.15) is 66.8 Å². The van der Waals surface area contributed by atoms with Crippen LogP contribution in [0.4, 0.5) is 24.0 Å². The highest BCUT2D eigenvalue weighted by Crippen LogP contribution is 2.42. The number of alkyl halides is 3. The molecule has 1 aliphatic heterocycles. The number of benzene rings is 1. The molecule has 9 nitrogen and oxygen atoms in total. The molecule has 3 aromatic rings. The zero-order chi connectivity index (χ0) is 24.2. The van der Waals surface area contributed by atoms with Crippen molar-refractivity contribution in [1.29, 1.82) is 0 Å². The van der Waals surface area contributed by atoms with E-state index in [4.69, 9.17) is 4.52 Å². The number of anilines is 1. The van der Waals surface area contributed by atoms with Gasteiger partial charge in [0.25, 0.3) is 11.2 Å². The van der Waals surface area contributed by atoms with E-state index in [1.165, 1.54) is 6.42 Å². The molecule has 0 spiro atoms. The van der Waals surface area contributed by atoms with E-state index in [1.54, 1.807) is 0 Å². The molecule has 34 heavy (non-hydrogen) atoms. The van der Waals surface area contributed by atoms with Crippen LogP contribution in [0.3, 0.4) is 0 Å². The van der Waals surface area contributed by atoms with Crippen molar-refractivity contribution in [2.45, 2.75) is 57.0 Å². The number of nitrogens with zero attached hydrogens (tertiary/aromatic N) is 5. The Kier molecular flexibility index (Phi) is 5.53. The van der Waals surface area contributed by atoms with Gasteiger partial charge in [-0.25, -0.2) is 0 Å². The molecular formula is C21H20F3N5O4S. The van der Waals surface area contributed by atoms with Gasteiger partial charge in [0.05, 0.1) is 15.9 Å². The Morgan fingerprint density at radius 2 is 1.88 bits per heavy atom. The lowest BCUT2D eigenvalue weighted by Crippen LogP contribution is -2.34. The highest BCUT2D eigenvalue weighted by atomic mass is 32.1. The molecule has 1 saturated carbocycles. The number of rotatable bonds is 4. The van der Waals surface area contributed by atoms with Gasteiger partial charge in [0.2, 0.25) is 5.89 Å². The minimum Gasteiger partial charge on any atom is -0.348 e. The van der Waals surface area contributed by atoms with Gasteiger partial charge in [0, 0.05) is 31.0 Å². The second-order valence-electron chi connectivity index (χ2n) is 8.71. The van der Waals surface area contributed by atoms with Crippen molar-refractivity contribution < 1.29 is 22.6 Å². The van der Waals surface area contributed by atoms with E-state index in [-0.39, 0.29) is 26.7 Å². The van der Waals surface area contributed by atoms with Crippen molar-refractivity contribution in [2.24, 2.45) is 0 Å². The molecule has 0 atom stereocenters. The van der Waals surface area contributed by atoms with Gasteiger partial charge in [-0.05, 0) is 38.2 Å². The molecule has 1 aliphatic carbocycles. The second-order valence-corrected chi connectivity index (χ2v) is 9.69. The maximum atomic E-state index is 13.4. The van der Waals surface area contributed by atoms with E-state index in [0.717, 1.165) is 36.9 Å². The first kappa shape index (κ1) is 22.7. The third-order valence-corrected chi connectivity index (χ3v) is 7.82. The first-order chi connectivity index (χ1) is 16.1. The maximum absolute atomic E-state index is 13.4. The Morgan fingerprint density at radius 3 is 2.47 bits per heavy atom. The number of nitro groups is 1. The molecule has 0 N–H and O–H groups in total. The molecule has 1 aromatic carbocycles. The lowest BCUT2D eigenvalue weighted by Gasteiger charge is -2.30. The predicted molar refractivity (Wildman–Crippen MR) is 117 cm³/mol. The topological polar surface area (TPSA) is 115 Å². The average molecular weight is 495 g/mol. The van der Waals surface area contributed by atoms with E-state index in [1.807, 2.05) is 4.90 Å². The minimum absolute atomic E-state index is 0.0562. The highest BCUT2D eigenvalue weighted by Gasteiger charge is 2.37. The third kappa shape index (κ3) is 3.91. The lowest BCUT2D eigenvalue weighted by atomic mass is 9.85. The summed E-state index contributed by atoms with van der Waals surface area (Å²) < 4.78 is 45.6. The Morgan fingerprint density at radius 1 is 1.18 bits per heavy atom. The number of hydrogen-bond donors (Lipinski definition) is 0. The molecule has 0 amide bonds. The van der Waals surface area contributed by atoms with Crippen molar-refractivity contribution in [3.8, 4) is 0 Å². The lowest BCUT2D eigenvalue weighted by molar-refractivity contribution is -0.383. The summed E-state index contributed by atoms with van der Waals surface area (Å²) in [7, 11) is 0. The highest BCUT2D eigenvalue weighted by molar-refractivity contribution is 7.22. The fraction of sp³-hybridized carbons (Fsp3) is 0.524. The molecule has 0 unspecified atom stereocenters. The maximum Gasteiger partial charge on any atom is 0.416 e. The Bertz CT molecular complexity index is 1330. The van der Waals surface area contributed by atoms with E-state index in [9.17, 15) is 28.1 Å². The number of nitro benzene ring substituents is 1. The van der Waals surface area contributed by atoms with Crippen molar-refractivity contribution in [3.05, 3.63) is 49.4 Å². The number of aromatic nitrogens is 3. The quantitative estimate of drug-likeness (QED) is 0.370. The van der Waals surface area contributed by atoms with Crippen LogP contribution in [0.5, 0.6) is 0 Å². The van der Waals surface area contributed by atoms with Crippen LogP contribution < -0.4 is 10.5 Å². The fourth-order valence-electron chi connectivity index (χ4n) is 4.49. The minimum atomic E-state index is -4.83. The Balaban J connectivity index is 1.43. The fourth-order valence-corrected chi connectivity index (χ4v) is 5.69. The number of piperidine rings is 1. The van der Waals surface area contributed by atoms with Crippen molar-refractivity contribution in [2.75, 3.05) is 18.0 Å². The summed E-state index contributed by atoms with van der Waals surface area (Å²) in [6.07, 6.45) is -0.208. The first-order valence-corrected chi connectivity index (χ1v) is 11.7. The summed E-state index contributed by atoms with van der Waals surface area (Å²) in [5, 5.41) is 15.6. The summed E-state index contributed by atoms with van der Waals surface area (Å²) in [4.78, 5) is 33.8. The van der Waals surface area contributed by atoms with Crippen molar-refractivity contribution in [3.63, 3.8) is 0 Å². The molecule has 0 radical (unpaired) electrons. The molecule has 0 bridgehead atoms. The van der Waals surface area contributed by atoms with Gasteiger partial charge in [0.1, 0.15) is 4.70 Å². The van der Waals surface area contributed by atoms with E-state index in [0.29, 0.717) is 43.8 Å². The van der Waals surface area contributed by atoms with Gasteiger partial charge in [0.15, 0.2) is 11.0 Å². The van der Waals surface area contributed by atoms with Crippen LogP contribution in [-0.4, -0.2) is 33.1 Å². The van der Waals surface area contributed by atoms with Gasteiger partial charge in [-0.1, -0.05) is 22.9 Å². The van der Waals surface area contributed by atoms with Gasteiger partial charge in [-0.3, -0.25) is 14.9 Å². The SMILES string of the molecule is Cc1c(C(F)(F)F)cc([N+](=O)[O-])c2sc(N3CCC(c4nc(C5CCC5)no4)CC3)nc(=O)c12. The molecule has 2 aromatic heterocycles. The van der Waals surface area contributed by atoms with Gasteiger partial charge in [-0.2, -0.15) is 23.1 Å². The predicted octanol–water partition coefficient (Wildman–Crippen LogP) is 4.93. The normalized spacial score (nSPS) is 17.8. The van der Waals surface area contributed by atoms with E-state index < -0.39 is 27.9 Å². The molecule has 13 heteroatoms. The molecule has 1 saturated heterocycles. The molecular weight excluding hydrogens is 475 g/mol. The van der Waals surface area contributed by atoms with Crippen molar-refractivity contribution in [1.82, 2.24) is 15.1 Å². The smallest absolute Gasteiger partial charge is 0.348 e. The van der Waals surface area contributed by atoms with Gasteiger partial charge >= 0.3 is 6.18 Å². The standard InChI is InChI=1S/C21H20F3N5O4S/c1-10-13(21(22,23)24)9-14(29(31)32)16-15(10)18(30)26-20(34-16)28-7-5-12(6-8-28)19-25-17(27-33-19)11-3-2-4-11/h9,11-12H,2-8H2,1H3. The van der Waals surface area contributed by atoms with Crippen LogP contribution >= 0.6 is 11.3 Å². The number of non-ortho nitro benzene ring substituents is 1. The van der Waals surface area contributed by atoms with Gasteiger partial charge < -0.3 is 9.42 Å². The third-order valence-electron chi connectivity index (χ3n) is 6.67. The molecule has 180 valence electrons. The monoisotopic (exact) mass is 495 g/mol. The molecule has 5 rings (SSSR count). The van der Waals surface area contributed by atoms with Crippen LogP contribution in [0.25, 0.3) is 10.1 Å². The molecule has 2 fully saturated rings. The average Bonchev–Trinajstić information content (AvgIpc) is 3.20. The summed E-state index contributed by atoms with van der Waals surface area (Å²) in [6, 6.07) is 0.499. The van der Waals surface area contributed by atoms with Crippen molar-refractivity contribution >= 4 is 32.2 Å². The van der Waals surface area contributed by atoms with Gasteiger partial charge in [-0.15, -0.1) is 0 Å². The number of aryl methyl sites for hydroxylation is 1. The Hall–Kier alpha value is -3.09. The summed E-state index contributed by atoms with van der Waals surface area (Å²) in [5.41, 5.74) is -3.21. The second kappa shape index (κ2) is 8.29. The van der Waals surface area contributed by atoms with Crippen LogP contribution in [0.2, 0.25) is 0 Å². The van der Waals surface area contributed by atoms with Crippen LogP contribution in [-0.2, 0) is 6.18 Å².